The first kappa shape index (κ1) is 17.9. The van der Waals surface area contributed by atoms with E-state index >= 15 is 0 Å². The molecule has 0 aliphatic carbocycles. The summed E-state index contributed by atoms with van der Waals surface area (Å²) in [6.45, 7) is 1.97. The van der Waals surface area contributed by atoms with Crippen molar-refractivity contribution >= 4 is 46.0 Å². The zero-order chi connectivity index (χ0) is 17.8. The van der Waals surface area contributed by atoms with Gasteiger partial charge in [0.05, 0.1) is 11.8 Å². The summed E-state index contributed by atoms with van der Waals surface area (Å²) in [5.41, 5.74) is 1.27. The Kier molecular flexibility index (Phi) is 5.72. The number of nitrogens with zero attached hydrogens (tertiary/aromatic N) is 4. The van der Waals surface area contributed by atoms with E-state index in [0.717, 1.165) is 28.4 Å². The molecule has 1 saturated heterocycles. The summed E-state index contributed by atoms with van der Waals surface area (Å²) in [7, 11) is 3.84. The summed E-state index contributed by atoms with van der Waals surface area (Å²) in [5, 5.41) is 2.95. The van der Waals surface area contributed by atoms with E-state index in [0.29, 0.717) is 11.3 Å². The van der Waals surface area contributed by atoms with E-state index in [1.807, 2.05) is 43.3 Å². The Morgan fingerprint density at radius 1 is 1.20 bits per heavy atom. The Morgan fingerprint density at radius 2 is 1.92 bits per heavy atom. The molecule has 0 saturated carbocycles. The third-order valence-corrected chi connectivity index (χ3v) is 5.13. The van der Waals surface area contributed by atoms with E-state index < -0.39 is 0 Å². The maximum absolute atomic E-state index is 12.6. The number of benzene rings is 1. The minimum atomic E-state index is -0.151. The van der Waals surface area contributed by atoms with Crippen molar-refractivity contribution < 1.29 is 4.79 Å². The van der Waals surface area contributed by atoms with Crippen LogP contribution in [0.2, 0.25) is 0 Å². The standard InChI is InChI=1S/C18H22IN5O/c1-23(2)16-15(21-17(25)13-8-4-5-9-14(13)19)12-20-18(22-16)24-10-6-3-7-11-24/h4-5,8-9,12H,3,6-7,10-11H2,1-2H3,(H,21,25). The first-order valence-electron chi connectivity index (χ1n) is 8.41. The highest BCUT2D eigenvalue weighted by Gasteiger charge is 2.18. The second-order valence-corrected chi connectivity index (χ2v) is 7.45. The van der Waals surface area contributed by atoms with Crippen molar-refractivity contribution in [3.63, 3.8) is 0 Å². The van der Waals surface area contributed by atoms with Crippen LogP contribution in [0.15, 0.2) is 30.5 Å². The van der Waals surface area contributed by atoms with Crippen molar-refractivity contribution in [1.82, 2.24) is 9.97 Å². The van der Waals surface area contributed by atoms with Gasteiger partial charge >= 0.3 is 0 Å². The Bertz CT molecular complexity index is 759. The second kappa shape index (κ2) is 7.99. The molecule has 6 nitrogen and oxygen atoms in total. The molecule has 0 unspecified atom stereocenters. The lowest BCUT2D eigenvalue weighted by Crippen LogP contribution is -2.31. The molecular weight excluding hydrogens is 429 g/mol. The molecule has 1 aliphatic rings. The van der Waals surface area contributed by atoms with Gasteiger partial charge < -0.3 is 15.1 Å². The van der Waals surface area contributed by atoms with Gasteiger partial charge in [-0.25, -0.2) is 4.98 Å². The molecular formula is C18H22IN5O. The van der Waals surface area contributed by atoms with E-state index in [-0.39, 0.29) is 5.91 Å². The van der Waals surface area contributed by atoms with Gasteiger partial charge in [0.25, 0.3) is 5.91 Å². The van der Waals surface area contributed by atoms with Gasteiger partial charge in [-0.3, -0.25) is 4.79 Å². The molecule has 2 aromatic rings. The van der Waals surface area contributed by atoms with E-state index in [1.54, 1.807) is 6.20 Å². The number of anilines is 3. The van der Waals surface area contributed by atoms with Crippen molar-refractivity contribution in [2.45, 2.75) is 19.3 Å². The van der Waals surface area contributed by atoms with E-state index in [9.17, 15) is 4.79 Å². The molecule has 0 atom stereocenters. The van der Waals surface area contributed by atoms with Gasteiger partial charge in [-0.2, -0.15) is 4.98 Å². The van der Waals surface area contributed by atoms with Crippen LogP contribution in [0, 0.1) is 3.57 Å². The van der Waals surface area contributed by atoms with E-state index in [2.05, 4.69) is 42.8 Å². The summed E-state index contributed by atoms with van der Waals surface area (Å²) in [4.78, 5) is 25.9. The molecule has 3 rings (SSSR count). The zero-order valence-corrected chi connectivity index (χ0v) is 16.7. The largest absolute Gasteiger partial charge is 0.361 e. The number of hydrogen-bond donors (Lipinski definition) is 1. The minimum absolute atomic E-state index is 0.151. The molecule has 2 heterocycles. The highest BCUT2D eigenvalue weighted by Crippen LogP contribution is 2.26. The monoisotopic (exact) mass is 451 g/mol. The number of hydrogen-bond acceptors (Lipinski definition) is 5. The summed E-state index contributed by atoms with van der Waals surface area (Å²) in [5.74, 6) is 1.30. The molecule has 1 aliphatic heterocycles. The molecule has 0 radical (unpaired) electrons. The van der Waals surface area contributed by atoms with Gasteiger partial charge in [-0.1, -0.05) is 12.1 Å². The quantitative estimate of drug-likeness (QED) is 0.723. The Balaban J connectivity index is 1.85. The molecule has 25 heavy (non-hydrogen) atoms. The highest BCUT2D eigenvalue weighted by molar-refractivity contribution is 14.1. The molecule has 0 spiro atoms. The zero-order valence-electron chi connectivity index (χ0n) is 14.5. The predicted octanol–water partition coefficient (Wildman–Crippen LogP) is 3.39. The van der Waals surface area contributed by atoms with Crippen molar-refractivity contribution in [3.05, 3.63) is 39.6 Å². The van der Waals surface area contributed by atoms with Crippen molar-refractivity contribution in [1.29, 1.82) is 0 Å². The number of carbonyl (C=O) groups excluding carboxylic acids is 1. The summed E-state index contributed by atoms with van der Waals surface area (Å²) < 4.78 is 0.912. The number of piperidine rings is 1. The van der Waals surface area contributed by atoms with Gasteiger partial charge in [0, 0.05) is 30.8 Å². The normalized spacial score (nSPS) is 14.3. The van der Waals surface area contributed by atoms with Gasteiger partial charge in [-0.15, -0.1) is 0 Å². The SMILES string of the molecule is CN(C)c1nc(N2CCCCC2)ncc1NC(=O)c1ccccc1I. The fourth-order valence-corrected chi connectivity index (χ4v) is 3.51. The molecule has 1 aromatic carbocycles. The average molecular weight is 451 g/mol. The van der Waals surface area contributed by atoms with Gasteiger partial charge in [-0.05, 0) is 54.0 Å². The molecule has 1 N–H and O–H groups in total. The maximum atomic E-state index is 12.6. The average Bonchev–Trinajstić information content (AvgIpc) is 2.63. The van der Waals surface area contributed by atoms with Crippen molar-refractivity contribution in [2.24, 2.45) is 0 Å². The summed E-state index contributed by atoms with van der Waals surface area (Å²) >= 11 is 2.17. The Labute approximate surface area is 161 Å². The Morgan fingerprint density at radius 3 is 2.60 bits per heavy atom. The molecule has 7 heteroatoms. The Hall–Kier alpha value is -1.90. The third kappa shape index (κ3) is 4.20. The fraction of sp³-hybridized carbons (Fsp3) is 0.389. The molecule has 1 amide bonds. The van der Waals surface area contributed by atoms with Gasteiger partial charge in [0.2, 0.25) is 5.95 Å². The van der Waals surface area contributed by atoms with E-state index in [1.165, 1.54) is 19.3 Å². The number of amides is 1. The lowest BCUT2D eigenvalue weighted by Gasteiger charge is -2.28. The lowest BCUT2D eigenvalue weighted by atomic mass is 10.1. The van der Waals surface area contributed by atoms with Crippen LogP contribution < -0.4 is 15.1 Å². The smallest absolute Gasteiger partial charge is 0.256 e. The van der Waals surface area contributed by atoms with Gasteiger partial charge in [0.1, 0.15) is 5.69 Å². The fourth-order valence-electron chi connectivity index (χ4n) is 2.87. The van der Waals surface area contributed by atoms with Crippen LogP contribution in [0.1, 0.15) is 29.6 Å². The number of rotatable bonds is 4. The molecule has 1 aromatic heterocycles. The number of carbonyl (C=O) groups is 1. The number of halogens is 1. The minimum Gasteiger partial charge on any atom is -0.361 e. The highest BCUT2D eigenvalue weighted by atomic mass is 127. The van der Waals surface area contributed by atoms with Crippen LogP contribution in [0.3, 0.4) is 0 Å². The first-order valence-corrected chi connectivity index (χ1v) is 9.49. The lowest BCUT2D eigenvalue weighted by molar-refractivity contribution is 0.102. The second-order valence-electron chi connectivity index (χ2n) is 6.28. The maximum Gasteiger partial charge on any atom is 0.256 e. The van der Waals surface area contributed by atoms with Crippen LogP contribution in [-0.2, 0) is 0 Å². The van der Waals surface area contributed by atoms with Gasteiger partial charge in [0.15, 0.2) is 5.82 Å². The van der Waals surface area contributed by atoms with E-state index in [4.69, 9.17) is 0 Å². The first-order chi connectivity index (χ1) is 12.1. The number of aromatic nitrogens is 2. The molecule has 0 bridgehead atoms. The van der Waals surface area contributed by atoms with Crippen LogP contribution in [0.5, 0.6) is 0 Å². The predicted molar refractivity (Wildman–Crippen MR) is 110 cm³/mol. The van der Waals surface area contributed by atoms with Crippen molar-refractivity contribution in [3.8, 4) is 0 Å². The third-order valence-electron chi connectivity index (χ3n) is 4.19. The van der Waals surface area contributed by atoms with Crippen LogP contribution in [-0.4, -0.2) is 43.1 Å². The summed E-state index contributed by atoms with van der Waals surface area (Å²) in [6, 6.07) is 7.51. The van der Waals surface area contributed by atoms with Crippen LogP contribution in [0.25, 0.3) is 0 Å². The van der Waals surface area contributed by atoms with Crippen LogP contribution >= 0.6 is 22.6 Å². The molecule has 1 fully saturated rings. The number of nitrogens with one attached hydrogen (secondary N) is 1. The summed E-state index contributed by atoms with van der Waals surface area (Å²) in [6.07, 6.45) is 5.32. The van der Waals surface area contributed by atoms with Crippen molar-refractivity contribution in [2.75, 3.05) is 42.3 Å². The molecule has 132 valence electrons. The van der Waals surface area contributed by atoms with Crippen LogP contribution in [0.4, 0.5) is 17.5 Å². The topological polar surface area (TPSA) is 61.4 Å².